The maximum Gasteiger partial charge on any atom is 0.193 e. The molecule has 0 radical (unpaired) electrons. The van der Waals surface area contributed by atoms with Gasteiger partial charge in [0.25, 0.3) is 0 Å². The molecule has 0 aromatic heterocycles. The summed E-state index contributed by atoms with van der Waals surface area (Å²) in [4.78, 5) is 4.27. The van der Waals surface area contributed by atoms with Crippen molar-refractivity contribution in [3.63, 3.8) is 0 Å². The summed E-state index contributed by atoms with van der Waals surface area (Å²) < 4.78 is 5.10. The fourth-order valence-corrected chi connectivity index (χ4v) is 1.97. The largest absolute Gasteiger partial charge is 0.495 e. The van der Waals surface area contributed by atoms with Gasteiger partial charge in [0.15, 0.2) is 5.96 Å². The van der Waals surface area contributed by atoms with Crippen molar-refractivity contribution in [3.8, 4) is 5.75 Å². The van der Waals surface area contributed by atoms with Crippen molar-refractivity contribution < 1.29 is 4.74 Å². The summed E-state index contributed by atoms with van der Waals surface area (Å²) >= 11 is 6.05. The number of anilines is 1. The minimum atomic E-state index is 0.364. The van der Waals surface area contributed by atoms with Crippen molar-refractivity contribution in [3.05, 3.63) is 59.1 Å². The summed E-state index contributed by atoms with van der Waals surface area (Å²) in [6.07, 6.45) is 0. The van der Waals surface area contributed by atoms with Crippen molar-refractivity contribution in [1.82, 2.24) is 0 Å². The van der Waals surface area contributed by atoms with Gasteiger partial charge in [-0.2, -0.15) is 0 Å². The second kappa shape index (κ2) is 6.82. The lowest BCUT2D eigenvalue weighted by atomic mass is 10.2. The highest BCUT2D eigenvalue weighted by molar-refractivity contribution is 6.32. The first-order valence-corrected chi connectivity index (χ1v) is 6.51. The van der Waals surface area contributed by atoms with Gasteiger partial charge in [0.05, 0.1) is 18.7 Å². The molecule has 4 nitrogen and oxygen atoms in total. The Morgan fingerprint density at radius 3 is 2.65 bits per heavy atom. The Bertz CT molecular complexity index is 599. The maximum absolute atomic E-state index is 6.05. The van der Waals surface area contributed by atoms with Crippen molar-refractivity contribution >= 4 is 23.2 Å². The Morgan fingerprint density at radius 1 is 1.25 bits per heavy atom. The van der Waals surface area contributed by atoms with Gasteiger partial charge in [0, 0.05) is 5.69 Å². The number of para-hydroxylation sites is 1. The van der Waals surface area contributed by atoms with E-state index in [1.807, 2.05) is 48.5 Å². The van der Waals surface area contributed by atoms with Crippen LogP contribution < -0.4 is 15.8 Å². The van der Waals surface area contributed by atoms with Crippen molar-refractivity contribution in [2.45, 2.75) is 6.54 Å². The highest BCUT2D eigenvalue weighted by atomic mass is 35.5. The molecule has 0 atom stereocenters. The van der Waals surface area contributed by atoms with Crippen LogP contribution in [0.15, 0.2) is 53.5 Å². The normalized spacial score (nSPS) is 11.2. The predicted octanol–water partition coefficient (Wildman–Crippen LogP) is 3.28. The SMILES string of the molecule is COc1ccc(CN=C(N)Nc2ccccc2)cc1Cl. The molecule has 5 heteroatoms. The van der Waals surface area contributed by atoms with E-state index in [2.05, 4.69) is 10.3 Å². The molecule has 2 aromatic rings. The third-order valence-corrected chi connectivity index (χ3v) is 2.99. The second-order valence-electron chi connectivity index (χ2n) is 4.16. The first-order chi connectivity index (χ1) is 9.69. The number of methoxy groups -OCH3 is 1. The fourth-order valence-electron chi connectivity index (χ4n) is 1.69. The third kappa shape index (κ3) is 3.90. The van der Waals surface area contributed by atoms with Crippen LogP contribution >= 0.6 is 11.6 Å². The zero-order valence-corrected chi connectivity index (χ0v) is 11.9. The number of nitrogens with two attached hydrogens (primary N) is 1. The standard InChI is InChI=1S/C15H16ClN3O/c1-20-14-8-7-11(9-13(14)16)10-18-15(17)19-12-5-3-2-4-6-12/h2-9H,10H2,1H3,(H3,17,18,19). The fraction of sp³-hybridized carbons (Fsp3) is 0.133. The summed E-state index contributed by atoms with van der Waals surface area (Å²) in [6.45, 7) is 0.454. The van der Waals surface area contributed by atoms with Crippen molar-refractivity contribution in [2.24, 2.45) is 10.7 Å². The average Bonchev–Trinajstić information content (AvgIpc) is 2.46. The molecular formula is C15H16ClN3O. The monoisotopic (exact) mass is 289 g/mol. The van der Waals surface area contributed by atoms with Gasteiger partial charge in [-0.05, 0) is 29.8 Å². The molecule has 0 aliphatic carbocycles. The molecule has 0 saturated heterocycles. The van der Waals surface area contributed by atoms with Gasteiger partial charge in [0.1, 0.15) is 5.75 Å². The molecule has 0 unspecified atom stereocenters. The van der Waals surface area contributed by atoms with Crippen LogP contribution in [0.4, 0.5) is 5.69 Å². The number of halogens is 1. The van der Waals surface area contributed by atoms with Crippen molar-refractivity contribution in [1.29, 1.82) is 0 Å². The second-order valence-corrected chi connectivity index (χ2v) is 4.57. The zero-order valence-electron chi connectivity index (χ0n) is 11.1. The number of rotatable bonds is 4. The first-order valence-electron chi connectivity index (χ1n) is 6.13. The highest BCUT2D eigenvalue weighted by Gasteiger charge is 2.01. The molecule has 0 aliphatic rings. The van der Waals surface area contributed by atoms with Crippen LogP contribution in [0.1, 0.15) is 5.56 Å². The zero-order chi connectivity index (χ0) is 14.4. The highest BCUT2D eigenvalue weighted by Crippen LogP contribution is 2.25. The molecule has 2 aromatic carbocycles. The van der Waals surface area contributed by atoms with E-state index in [9.17, 15) is 0 Å². The summed E-state index contributed by atoms with van der Waals surface area (Å²) in [5.41, 5.74) is 7.70. The van der Waals surface area contributed by atoms with E-state index in [0.29, 0.717) is 23.3 Å². The number of ether oxygens (including phenoxy) is 1. The van der Waals surface area contributed by atoms with E-state index in [0.717, 1.165) is 11.3 Å². The van der Waals surface area contributed by atoms with E-state index in [1.54, 1.807) is 7.11 Å². The number of hydrogen-bond acceptors (Lipinski definition) is 2. The van der Waals surface area contributed by atoms with Crippen LogP contribution in [0, 0.1) is 0 Å². The molecule has 0 bridgehead atoms. The molecule has 0 aliphatic heterocycles. The lowest BCUT2D eigenvalue weighted by Gasteiger charge is -2.06. The van der Waals surface area contributed by atoms with Crippen LogP contribution in [-0.2, 0) is 6.54 Å². The van der Waals surface area contributed by atoms with Crippen LogP contribution in [0.2, 0.25) is 5.02 Å². The van der Waals surface area contributed by atoms with E-state index in [1.165, 1.54) is 0 Å². The Kier molecular flexibility index (Phi) is 4.85. The molecule has 3 N–H and O–H groups in total. The van der Waals surface area contributed by atoms with Gasteiger partial charge < -0.3 is 15.8 Å². The number of nitrogens with zero attached hydrogens (tertiary/aromatic N) is 1. The summed E-state index contributed by atoms with van der Waals surface area (Å²) in [6, 6.07) is 15.2. The van der Waals surface area contributed by atoms with Gasteiger partial charge >= 0.3 is 0 Å². The average molecular weight is 290 g/mol. The van der Waals surface area contributed by atoms with Crippen molar-refractivity contribution in [2.75, 3.05) is 12.4 Å². The summed E-state index contributed by atoms with van der Waals surface area (Å²) in [5.74, 6) is 1.01. The molecule has 20 heavy (non-hydrogen) atoms. The van der Waals surface area contributed by atoms with Gasteiger partial charge in [-0.15, -0.1) is 0 Å². The van der Waals surface area contributed by atoms with E-state index >= 15 is 0 Å². The van der Waals surface area contributed by atoms with Gasteiger partial charge in [-0.25, -0.2) is 4.99 Å². The number of guanidine groups is 1. The number of benzene rings is 2. The number of hydrogen-bond donors (Lipinski definition) is 2. The van der Waals surface area contributed by atoms with Crippen LogP contribution in [0.5, 0.6) is 5.75 Å². The van der Waals surface area contributed by atoms with Gasteiger partial charge in [-0.3, -0.25) is 0 Å². The molecule has 2 rings (SSSR count). The van der Waals surface area contributed by atoms with E-state index in [-0.39, 0.29) is 0 Å². The number of nitrogens with one attached hydrogen (secondary N) is 1. The Hall–Kier alpha value is -2.20. The summed E-state index contributed by atoms with van der Waals surface area (Å²) in [7, 11) is 1.58. The molecule has 104 valence electrons. The van der Waals surface area contributed by atoms with Crippen LogP contribution in [-0.4, -0.2) is 13.1 Å². The topological polar surface area (TPSA) is 59.6 Å². The predicted molar refractivity (Wildman–Crippen MR) is 83.4 cm³/mol. The molecule has 0 spiro atoms. The molecule has 0 heterocycles. The Labute approximate surface area is 123 Å². The smallest absolute Gasteiger partial charge is 0.193 e. The lowest BCUT2D eigenvalue weighted by Crippen LogP contribution is -2.22. The summed E-state index contributed by atoms with van der Waals surface area (Å²) in [5, 5.41) is 3.58. The molecule has 0 fully saturated rings. The maximum atomic E-state index is 6.05. The van der Waals surface area contributed by atoms with E-state index < -0.39 is 0 Å². The Morgan fingerprint density at radius 2 is 2.00 bits per heavy atom. The number of aliphatic imine (C=N–C) groups is 1. The minimum absolute atomic E-state index is 0.364. The van der Waals surface area contributed by atoms with Gasteiger partial charge in [-0.1, -0.05) is 35.9 Å². The lowest BCUT2D eigenvalue weighted by molar-refractivity contribution is 0.415. The molecule has 0 saturated carbocycles. The Balaban J connectivity index is 2.00. The third-order valence-electron chi connectivity index (χ3n) is 2.69. The van der Waals surface area contributed by atoms with E-state index in [4.69, 9.17) is 22.1 Å². The first kappa shape index (κ1) is 14.2. The quantitative estimate of drug-likeness (QED) is 0.671. The molecule has 0 amide bonds. The van der Waals surface area contributed by atoms with Gasteiger partial charge in [0.2, 0.25) is 0 Å². The molecular weight excluding hydrogens is 274 g/mol. The van der Waals surface area contributed by atoms with Crippen LogP contribution in [0.25, 0.3) is 0 Å². The minimum Gasteiger partial charge on any atom is -0.495 e. The van der Waals surface area contributed by atoms with Crippen LogP contribution in [0.3, 0.4) is 0 Å².